The summed E-state index contributed by atoms with van der Waals surface area (Å²) in [5.41, 5.74) is 5.80. The molecule has 6 heteroatoms. The minimum atomic E-state index is -1.15. The van der Waals surface area contributed by atoms with Crippen LogP contribution >= 0.6 is 0 Å². The predicted molar refractivity (Wildman–Crippen MR) is 75.8 cm³/mol. The second-order valence-corrected chi connectivity index (χ2v) is 4.85. The van der Waals surface area contributed by atoms with E-state index in [0.717, 1.165) is 6.42 Å². The molecule has 4 N–H and O–H groups in total. The monoisotopic (exact) mass is 280 g/mol. The van der Waals surface area contributed by atoms with Crippen molar-refractivity contribution < 1.29 is 19.4 Å². The van der Waals surface area contributed by atoms with E-state index < -0.39 is 5.97 Å². The quantitative estimate of drug-likeness (QED) is 0.657. The molecule has 0 aliphatic rings. The maximum atomic E-state index is 11.6. The Morgan fingerprint density at radius 3 is 2.70 bits per heavy atom. The second kappa shape index (κ2) is 7.37. The lowest BCUT2D eigenvalue weighted by Crippen LogP contribution is -2.30. The summed E-state index contributed by atoms with van der Waals surface area (Å²) in [6.07, 6.45) is 0.875. The molecule has 1 rings (SSSR count). The van der Waals surface area contributed by atoms with Crippen molar-refractivity contribution in [2.24, 2.45) is 5.92 Å². The standard InChI is InChI=1S/C14H20N2O4/c1-9(2)6-7-16-12(17)8-20-13-10(14(18)19)4-3-5-11(13)15/h3-5,9H,6-8,15H2,1-2H3,(H,16,17)(H,18,19). The molecule has 6 nitrogen and oxygen atoms in total. The Bertz CT molecular complexity index is 486. The molecule has 0 aromatic heterocycles. The molecule has 0 saturated carbocycles. The molecular formula is C14H20N2O4. The number of benzene rings is 1. The molecule has 0 aliphatic heterocycles. The van der Waals surface area contributed by atoms with Crippen molar-refractivity contribution >= 4 is 17.6 Å². The summed E-state index contributed by atoms with van der Waals surface area (Å²) in [6.45, 7) is 4.43. The van der Waals surface area contributed by atoms with Gasteiger partial charge in [0.15, 0.2) is 12.4 Å². The molecule has 110 valence electrons. The van der Waals surface area contributed by atoms with Crippen LogP contribution in [0.1, 0.15) is 30.6 Å². The van der Waals surface area contributed by atoms with Gasteiger partial charge in [0.05, 0.1) is 5.69 Å². The average Bonchev–Trinajstić information content (AvgIpc) is 2.36. The minimum absolute atomic E-state index is 0.0269. The number of ether oxygens (including phenoxy) is 1. The van der Waals surface area contributed by atoms with E-state index >= 15 is 0 Å². The summed E-state index contributed by atoms with van der Waals surface area (Å²) in [6, 6.07) is 4.43. The van der Waals surface area contributed by atoms with Gasteiger partial charge in [0.25, 0.3) is 5.91 Å². The molecule has 0 radical (unpaired) electrons. The molecule has 0 atom stereocenters. The molecule has 1 amide bonds. The first kappa shape index (κ1) is 15.8. The Kier molecular flexibility index (Phi) is 5.83. The van der Waals surface area contributed by atoms with Crippen LogP contribution in [-0.2, 0) is 4.79 Å². The number of nitrogens with one attached hydrogen (secondary N) is 1. The Morgan fingerprint density at radius 1 is 1.40 bits per heavy atom. The van der Waals surface area contributed by atoms with Crippen molar-refractivity contribution in [1.82, 2.24) is 5.32 Å². The molecule has 0 spiro atoms. The van der Waals surface area contributed by atoms with Crippen molar-refractivity contribution in [2.75, 3.05) is 18.9 Å². The fourth-order valence-electron chi connectivity index (χ4n) is 1.57. The molecule has 20 heavy (non-hydrogen) atoms. The van der Waals surface area contributed by atoms with Crippen molar-refractivity contribution in [2.45, 2.75) is 20.3 Å². The molecule has 0 bridgehead atoms. The first-order chi connectivity index (χ1) is 9.41. The summed E-state index contributed by atoms with van der Waals surface area (Å²) >= 11 is 0. The molecule has 0 fully saturated rings. The van der Waals surface area contributed by atoms with E-state index in [1.54, 1.807) is 0 Å². The number of para-hydroxylation sites is 1. The highest BCUT2D eigenvalue weighted by atomic mass is 16.5. The van der Waals surface area contributed by atoms with Crippen LogP contribution in [0.25, 0.3) is 0 Å². The normalized spacial score (nSPS) is 10.3. The molecule has 1 aromatic carbocycles. The number of hydrogen-bond donors (Lipinski definition) is 3. The Labute approximate surface area is 117 Å². The smallest absolute Gasteiger partial charge is 0.339 e. The van der Waals surface area contributed by atoms with Crippen molar-refractivity contribution in [3.8, 4) is 5.75 Å². The highest BCUT2D eigenvalue weighted by Gasteiger charge is 2.15. The van der Waals surface area contributed by atoms with Gasteiger partial charge in [0, 0.05) is 6.54 Å². The zero-order valence-corrected chi connectivity index (χ0v) is 11.7. The van der Waals surface area contributed by atoms with Gasteiger partial charge in [0.1, 0.15) is 5.56 Å². The van der Waals surface area contributed by atoms with Crippen molar-refractivity contribution in [3.63, 3.8) is 0 Å². The van der Waals surface area contributed by atoms with Gasteiger partial charge < -0.3 is 20.9 Å². The molecular weight excluding hydrogens is 260 g/mol. The van der Waals surface area contributed by atoms with Crippen LogP contribution in [0.15, 0.2) is 18.2 Å². The lowest BCUT2D eigenvalue weighted by atomic mass is 10.1. The number of anilines is 1. The minimum Gasteiger partial charge on any atom is -0.481 e. The number of carbonyl (C=O) groups is 2. The van der Waals surface area contributed by atoms with E-state index in [-0.39, 0.29) is 29.5 Å². The third-order valence-electron chi connectivity index (χ3n) is 2.67. The molecule has 0 aliphatic carbocycles. The second-order valence-electron chi connectivity index (χ2n) is 4.85. The third kappa shape index (κ3) is 4.79. The van der Waals surface area contributed by atoms with Gasteiger partial charge in [-0.15, -0.1) is 0 Å². The number of rotatable bonds is 7. The van der Waals surface area contributed by atoms with Crippen LogP contribution in [0.2, 0.25) is 0 Å². The highest BCUT2D eigenvalue weighted by molar-refractivity contribution is 5.93. The third-order valence-corrected chi connectivity index (χ3v) is 2.67. The fourth-order valence-corrected chi connectivity index (χ4v) is 1.57. The zero-order chi connectivity index (χ0) is 15.1. The summed E-state index contributed by atoms with van der Waals surface area (Å²) in [4.78, 5) is 22.6. The van der Waals surface area contributed by atoms with Gasteiger partial charge in [-0.1, -0.05) is 19.9 Å². The Balaban J connectivity index is 2.57. The first-order valence-corrected chi connectivity index (χ1v) is 6.43. The number of nitrogens with two attached hydrogens (primary N) is 1. The Hall–Kier alpha value is -2.24. The van der Waals surface area contributed by atoms with Gasteiger partial charge >= 0.3 is 5.97 Å². The lowest BCUT2D eigenvalue weighted by Gasteiger charge is -2.12. The number of nitrogen functional groups attached to an aromatic ring is 1. The fraction of sp³-hybridized carbons (Fsp3) is 0.429. The predicted octanol–water partition coefficient (Wildman–Crippen LogP) is 1.51. The average molecular weight is 280 g/mol. The molecule has 0 saturated heterocycles. The van der Waals surface area contributed by atoms with Crippen LogP contribution in [0.5, 0.6) is 5.75 Å². The number of aromatic carboxylic acids is 1. The topological polar surface area (TPSA) is 102 Å². The van der Waals surface area contributed by atoms with Gasteiger partial charge in [-0.2, -0.15) is 0 Å². The van der Waals surface area contributed by atoms with Gasteiger partial charge in [0.2, 0.25) is 0 Å². The van der Waals surface area contributed by atoms with Crippen LogP contribution in [0.3, 0.4) is 0 Å². The highest BCUT2D eigenvalue weighted by Crippen LogP contribution is 2.26. The summed E-state index contributed by atoms with van der Waals surface area (Å²) in [5.74, 6) is -0.920. The zero-order valence-electron chi connectivity index (χ0n) is 11.7. The first-order valence-electron chi connectivity index (χ1n) is 6.43. The van der Waals surface area contributed by atoms with E-state index in [4.69, 9.17) is 15.6 Å². The van der Waals surface area contributed by atoms with Gasteiger partial charge in [-0.3, -0.25) is 4.79 Å². The molecule has 0 heterocycles. The van der Waals surface area contributed by atoms with E-state index in [2.05, 4.69) is 19.2 Å². The Morgan fingerprint density at radius 2 is 2.10 bits per heavy atom. The van der Waals surface area contributed by atoms with Crippen LogP contribution in [0.4, 0.5) is 5.69 Å². The number of hydrogen-bond acceptors (Lipinski definition) is 4. The van der Waals surface area contributed by atoms with E-state index in [1.165, 1.54) is 18.2 Å². The summed E-state index contributed by atoms with van der Waals surface area (Å²) in [5, 5.41) is 11.7. The van der Waals surface area contributed by atoms with Gasteiger partial charge in [-0.05, 0) is 24.5 Å². The van der Waals surface area contributed by atoms with E-state index in [9.17, 15) is 9.59 Å². The largest absolute Gasteiger partial charge is 0.481 e. The van der Waals surface area contributed by atoms with E-state index in [0.29, 0.717) is 12.5 Å². The SMILES string of the molecule is CC(C)CCNC(=O)COc1c(N)cccc1C(=O)O. The van der Waals surface area contributed by atoms with Gasteiger partial charge in [-0.25, -0.2) is 4.79 Å². The van der Waals surface area contributed by atoms with Crippen molar-refractivity contribution in [1.29, 1.82) is 0 Å². The van der Waals surface area contributed by atoms with E-state index in [1.807, 2.05) is 0 Å². The van der Waals surface area contributed by atoms with Crippen LogP contribution < -0.4 is 15.8 Å². The van der Waals surface area contributed by atoms with Crippen LogP contribution in [-0.4, -0.2) is 30.1 Å². The summed E-state index contributed by atoms with van der Waals surface area (Å²) in [7, 11) is 0. The molecule has 0 unspecified atom stereocenters. The lowest BCUT2D eigenvalue weighted by molar-refractivity contribution is -0.123. The number of carboxylic acids is 1. The maximum absolute atomic E-state index is 11.6. The number of carbonyl (C=O) groups excluding carboxylic acids is 1. The number of amides is 1. The molecule has 1 aromatic rings. The maximum Gasteiger partial charge on any atom is 0.339 e. The van der Waals surface area contributed by atoms with Crippen LogP contribution in [0, 0.1) is 5.92 Å². The number of carboxylic acid groups (broad SMARTS) is 1. The van der Waals surface area contributed by atoms with Crippen molar-refractivity contribution in [3.05, 3.63) is 23.8 Å². The summed E-state index contributed by atoms with van der Waals surface area (Å²) < 4.78 is 5.23.